The highest BCUT2D eigenvalue weighted by Gasteiger charge is 2.16. The van der Waals surface area contributed by atoms with Crippen molar-refractivity contribution in [3.05, 3.63) is 0 Å². The summed E-state index contributed by atoms with van der Waals surface area (Å²) < 4.78 is 5.32. The van der Waals surface area contributed by atoms with Crippen LogP contribution in [0.25, 0.3) is 0 Å². The molecular formula is C15H33IN4O. The normalized spacial score (nSPS) is 17.4. The Morgan fingerprint density at radius 2 is 1.95 bits per heavy atom. The van der Waals surface area contributed by atoms with Gasteiger partial charge in [-0.15, -0.1) is 24.0 Å². The molecule has 0 saturated carbocycles. The maximum absolute atomic E-state index is 5.32. The highest BCUT2D eigenvalue weighted by atomic mass is 127. The summed E-state index contributed by atoms with van der Waals surface area (Å²) in [4.78, 5) is 6.68. The van der Waals surface area contributed by atoms with Crippen LogP contribution in [0, 0.1) is 5.92 Å². The number of hydrogen-bond acceptors (Lipinski definition) is 3. The number of ether oxygens (including phenoxy) is 1. The lowest BCUT2D eigenvalue weighted by Gasteiger charge is -2.29. The van der Waals surface area contributed by atoms with Crippen LogP contribution in [0.3, 0.4) is 0 Å². The van der Waals surface area contributed by atoms with Crippen LogP contribution in [-0.4, -0.2) is 64.3 Å². The third kappa shape index (κ3) is 10.3. The van der Waals surface area contributed by atoms with Crippen molar-refractivity contribution >= 4 is 29.9 Å². The first kappa shape index (κ1) is 20.9. The van der Waals surface area contributed by atoms with Crippen molar-refractivity contribution in [3.8, 4) is 0 Å². The van der Waals surface area contributed by atoms with E-state index in [4.69, 9.17) is 4.74 Å². The molecule has 1 fully saturated rings. The minimum atomic E-state index is 0. The third-order valence-electron chi connectivity index (χ3n) is 3.83. The maximum Gasteiger partial charge on any atom is 0.190 e. The Morgan fingerprint density at radius 1 is 1.24 bits per heavy atom. The number of halogens is 1. The molecule has 6 heteroatoms. The maximum atomic E-state index is 5.32. The van der Waals surface area contributed by atoms with Gasteiger partial charge >= 0.3 is 0 Å². The first-order chi connectivity index (χ1) is 9.76. The Kier molecular flexibility index (Phi) is 13.5. The Hall–Kier alpha value is -0.0800. The molecule has 1 rings (SSSR count). The molecule has 0 radical (unpaired) electrons. The minimum absolute atomic E-state index is 0. The van der Waals surface area contributed by atoms with Crippen molar-refractivity contribution in [1.29, 1.82) is 0 Å². The number of likely N-dealkylation sites (tertiary alicyclic amines) is 1. The molecule has 5 nitrogen and oxygen atoms in total. The lowest BCUT2D eigenvalue weighted by Crippen LogP contribution is -2.42. The van der Waals surface area contributed by atoms with E-state index < -0.39 is 0 Å². The van der Waals surface area contributed by atoms with E-state index in [0.29, 0.717) is 0 Å². The zero-order valence-corrected chi connectivity index (χ0v) is 16.2. The molecule has 0 amide bonds. The van der Waals surface area contributed by atoms with Crippen LogP contribution in [0.4, 0.5) is 0 Å². The average Bonchev–Trinajstić information content (AvgIpc) is 2.47. The van der Waals surface area contributed by atoms with Gasteiger partial charge in [0.2, 0.25) is 0 Å². The van der Waals surface area contributed by atoms with E-state index in [1.807, 2.05) is 14.0 Å². The standard InChI is InChI=1S/C15H32N4O.HI/c1-4-20-12-6-5-9-17-15(16-2)18-13-14-7-10-19(3)11-8-14;/h14H,4-13H2,1-3H3,(H2,16,17,18);1H. The Bertz CT molecular complexity index is 268. The van der Waals surface area contributed by atoms with Gasteiger partial charge in [0.1, 0.15) is 0 Å². The van der Waals surface area contributed by atoms with Gasteiger partial charge in [-0.05, 0) is 58.7 Å². The van der Waals surface area contributed by atoms with Crippen LogP contribution in [0.1, 0.15) is 32.6 Å². The molecular weight excluding hydrogens is 379 g/mol. The van der Waals surface area contributed by atoms with Crippen LogP contribution in [0.5, 0.6) is 0 Å². The van der Waals surface area contributed by atoms with E-state index in [0.717, 1.165) is 51.0 Å². The molecule has 0 aromatic carbocycles. The fourth-order valence-electron chi connectivity index (χ4n) is 2.41. The molecule has 126 valence electrons. The van der Waals surface area contributed by atoms with E-state index in [9.17, 15) is 0 Å². The van der Waals surface area contributed by atoms with Gasteiger partial charge in [0.15, 0.2) is 5.96 Å². The number of guanidine groups is 1. The third-order valence-corrected chi connectivity index (χ3v) is 3.83. The first-order valence-electron chi connectivity index (χ1n) is 7.97. The smallest absolute Gasteiger partial charge is 0.190 e. The predicted molar refractivity (Wildman–Crippen MR) is 101 cm³/mol. The number of hydrogen-bond donors (Lipinski definition) is 2. The van der Waals surface area contributed by atoms with E-state index in [-0.39, 0.29) is 24.0 Å². The van der Waals surface area contributed by atoms with Crippen molar-refractivity contribution in [2.45, 2.75) is 32.6 Å². The molecule has 1 heterocycles. The molecule has 0 aliphatic carbocycles. The van der Waals surface area contributed by atoms with Gasteiger partial charge in [-0.1, -0.05) is 0 Å². The van der Waals surface area contributed by atoms with E-state index in [1.54, 1.807) is 0 Å². The number of unbranched alkanes of at least 4 members (excludes halogenated alkanes) is 1. The average molecular weight is 412 g/mol. The van der Waals surface area contributed by atoms with Crippen LogP contribution < -0.4 is 10.6 Å². The van der Waals surface area contributed by atoms with Crippen molar-refractivity contribution in [2.75, 3.05) is 53.5 Å². The van der Waals surface area contributed by atoms with Gasteiger partial charge in [0.05, 0.1) is 0 Å². The number of aliphatic imine (C=N–C) groups is 1. The highest BCUT2D eigenvalue weighted by molar-refractivity contribution is 14.0. The van der Waals surface area contributed by atoms with E-state index >= 15 is 0 Å². The van der Waals surface area contributed by atoms with Gasteiger partial charge in [0, 0.05) is 33.4 Å². The second kappa shape index (κ2) is 13.6. The zero-order valence-electron chi connectivity index (χ0n) is 13.9. The molecule has 0 bridgehead atoms. The van der Waals surface area contributed by atoms with Crippen molar-refractivity contribution in [2.24, 2.45) is 10.9 Å². The van der Waals surface area contributed by atoms with Crippen LogP contribution in [0.2, 0.25) is 0 Å². The summed E-state index contributed by atoms with van der Waals surface area (Å²) in [6.45, 7) is 8.14. The lowest BCUT2D eigenvalue weighted by molar-refractivity contribution is 0.143. The van der Waals surface area contributed by atoms with Crippen molar-refractivity contribution in [3.63, 3.8) is 0 Å². The highest BCUT2D eigenvalue weighted by Crippen LogP contribution is 2.14. The van der Waals surface area contributed by atoms with Gasteiger partial charge in [-0.25, -0.2) is 0 Å². The van der Waals surface area contributed by atoms with Gasteiger partial charge in [0.25, 0.3) is 0 Å². The number of rotatable bonds is 8. The number of piperidine rings is 1. The molecule has 0 spiro atoms. The molecule has 0 atom stereocenters. The molecule has 0 unspecified atom stereocenters. The monoisotopic (exact) mass is 412 g/mol. The molecule has 0 aromatic heterocycles. The van der Waals surface area contributed by atoms with E-state index in [2.05, 4.69) is 27.6 Å². The van der Waals surface area contributed by atoms with Crippen LogP contribution >= 0.6 is 24.0 Å². The quantitative estimate of drug-likeness (QED) is 0.277. The Labute approximate surface area is 147 Å². The lowest BCUT2D eigenvalue weighted by atomic mass is 9.97. The summed E-state index contributed by atoms with van der Waals surface area (Å²) in [5.74, 6) is 1.71. The SMILES string of the molecule is CCOCCCCNC(=NC)NCC1CCN(C)CC1.I. The van der Waals surface area contributed by atoms with Gasteiger partial charge < -0.3 is 20.3 Å². The predicted octanol–water partition coefficient (Wildman–Crippen LogP) is 1.93. The molecule has 1 aliphatic heterocycles. The summed E-state index contributed by atoms with van der Waals surface area (Å²) in [5, 5.41) is 6.81. The zero-order chi connectivity index (χ0) is 14.6. The second-order valence-corrected chi connectivity index (χ2v) is 5.53. The van der Waals surface area contributed by atoms with Crippen molar-refractivity contribution in [1.82, 2.24) is 15.5 Å². The van der Waals surface area contributed by atoms with Crippen molar-refractivity contribution < 1.29 is 4.74 Å². The summed E-state index contributed by atoms with van der Waals surface area (Å²) in [7, 11) is 4.04. The molecule has 1 aliphatic rings. The largest absolute Gasteiger partial charge is 0.382 e. The number of nitrogens with one attached hydrogen (secondary N) is 2. The fourth-order valence-corrected chi connectivity index (χ4v) is 2.41. The Balaban J connectivity index is 0.00000400. The fraction of sp³-hybridized carbons (Fsp3) is 0.933. The van der Waals surface area contributed by atoms with E-state index in [1.165, 1.54) is 25.9 Å². The van der Waals surface area contributed by atoms with Gasteiger partial charge in [-0.2, -0.15) is 0 Å². The first-order valence-corrected chi connectivity index (χ1v) is 7.97. The van der Waals surface area contributed by atoms with Crippen LogP contribution in [0.15, 0.2) is 4.99 Å². The molecule has 21 heavy (non-hydrogen) atoms. The van der Waals surface area contributed by atoms with Crippen LogP contribution in [-0.2, 0) is 4.74 Å². The summed E-state index contributed by atoms with van der Waals surface area (Å²) in [5.41, 5.74) is 0. The summed E-state index contributed by atoms with van der Waals surface area (Å²) in [6.07, 6.45) is 4.80. The molecule has 2 N–H and O–H groups in total. The van der Waals surface area contributed by atoms with Gasteiger partial charge in [-0.3, -0.25) is 4.99 Å². The molecule has 1 saturated heterocycles. The second-order valence-electron chi connectivity index (χ2n) is 5.53. The minimum Gasteiger partial charge on any atom is -0.382 e. The number of nitrogens with zero attached hydrogens (tertiary/aromatic N) is 2. The summed E-state index contributed by atoms with van der Waals surface area (Å²) in [6, 6.07) is 0. The Morgan fingerprint density at radius 3 is 2.57 bits per heavy atom. The topological polar surface area (TPSA) is 48.9 Å². The summed E-state index contributed by atoms with van der Waals surface area (Å²) >= 11 is 0. The molecule has 0 aromatic rings.